The second-order valence-corrected chi connectivity index (χ2v) is 7.50. The molecule has 2 aromatic rings. The Labute approximate surface area is 151 Å². The number of aryl methyl sites for hydroxylation is 2. The molecule has 4 bridgehead atoms. The maximum atomic E-state index is 5.71. The Bertz CT molecular complexity index is 686. The molecule has 0 amide bonds. The van der Waals surface area contributed by atoms with Crippen molar-refractivity contribution in [3.05, 3.63) is 58.7 Å². The van der Waals surface area contributed by atoms with E-state index in [4.69, 9.17) is 9.47 Å². The molecule has 0 saturated heterocycles. The first-order valence-electron chi connectivity index (χ1n) is 9.64. The van der Waals surface area contributed by atoms with Crippen molar-refractivity contribution in [1.82, 2.24) is 0 Å². The maximum Gasteiger partial charge on any atom is 0.122 e. The molecule has 25 heavy (non-hydrogen) atoms. The predicted molar refractivity (Wildman–Crippen MR) is 102 cm³/mol. The van der Waals surface area contributed by atoms with Gasteiger partial charge in [0.15, 0.2) is 0 Å². The van der Waals surface area contributed by atoms with Crippen LogP contribution in [0.2, 0.25) is 0 Å². The lowest BCUT2D eigenvalue weighted by Crippen LogP contribution is -2.23. The van der Waals surface area contributed by atoms with Gasteiger partial charge in [0.25, 0.3) is 0 Å². The average molecular weight is 336 g/mol. The molecule has 1 saturated carbocycles. The van der Waals surface area contributed by atoms with Crippen LogP contribution in [0.4, 0.5) is 0 Å². The van der Waals surface area contributed by atoms with E-state index in [9.17, 15) is 0 Å². The van der Waals surface area contributed by atoms with Crippen LogP contribution in [0.15, 0.2) is 36.4 Å². The smallest absolute Gasteiger partial charge is 0.122 e. The van der Waals surface area contributed by atoms with E-state index < -0.39 is 0 Å². The molecule has 0 spiro atoms. The zero-order valence-corrected chi connectivity index (χ0v) is 15.4. The molecule has 0 aliphatic heterocycles. The highest BCUT2D eigenvalue weighted by atomic mass is 16.5. The van der Waals surface area contributed by atoms with Crippen LogP contribution < -0.4 is 9.47 Å². The van der Waals surface area contributed by atoms with E-state index in [1.165, 1.54) is 67.2 Å². The number of hydrogen-bond acceptors (Lipinski definition) is 2. The molecule has 2 nitrogen and oxygen atoms in total. The van der Waals surface area contributed by atoms with Gasteiger partial charge in [-0.15, -0.1) is 0 Å². The van der Waals surface area contributed by atoms with Gasteiger partial charge in [0.2, 0.25) is 0 Å². The fourth-order valence-corrected chi connectivity index (χ4v) is 4.54. The Balaban J connectivity index is 1.79. The van der Waals surface area contributed by atoms with Gasteiger partial charge >= 0.3 is 0 Å². The van der Waals surface area contributed by atoms with Gasteiger partial charge in [-0.1, -0.05) is 30.7 Å². The van der Waals surface area contributed by atoms with Crippen molar-refractivity contribution in [1.29, 1.82) is 0 Å². The Morgan fingerprint density at radius 1 is 0.680 bits per heavy atom. The van der Waals surface area contributed by atoms with Crippen molar-refractivity contribution in [3.8, 4) is 11.5 Å². The number of hydrogen-bond donors (Lipinski definition) is 0. The fourth-order valence-electron chi connectivity index (χ4n) is 4.54. The molecule has 2 atom stereocenters. The molecule has 0 heterocycles. The second-order valence-electron chi connectivity index (χ2n) is 7.50. The second kappa shape index (κ2) is 7.11. The molecule has 0 radical (unpaired) electrons. The number of rotatable bonds is 2. The molecule has 132 valence electrons. The van der Waals surface area contributed by atoms with E-state index in [-0.39, 0.29) is 0 Å². The largest absolute Gasteiger partial charge is 0.496 e. The lowest BCUT2D eigenvalue weighted by molar-refractivity contribution is 0.315. The Kier molecular flexibility index (Phi) is 4.70. The monoisotopic (exact) mass is 336 g/mol. The number of fused-ring (bicyclic) bond motifs is 7. The van der Waals surface area contributed by atoms with E-state index in [2.05, 4.69) is 36.4 Å². The molecule has 2 heteroatoms. The van der Waals surface area contributed by atoms with Crippen LogP contribution in [-0.4, -0.2) is 14.2 Å². The SMILES string of the molecule is COc1ccc2cc1C1CCC1c1cc(ccc1OC)CCCCC2. The van der Waals surface area contributed by atoms with Gasteiger partial charge in [-0.2, -0.15) is 0 Å². The summed E-state index contributed by atoms with van der Waals surface area (Å²) < 4.78 is 11.4. The van der Waals surface area contributed by atoms with E-state index in [0.717, 1.165) is 11.5 Å². The first kappa shape index (κ1) is 16.5. The lowest BCUT2D eigenvalue weighted by Gasteiger charge is -2.39. The molecule has 2 aliphatic carbocycles. The van der Waals surface area contributed by atoms with Crippen LogP contribution in [0, 0.1) is 0 Å². The molecule has 2 unspecified atom stereocenters. The molecular weight excluding hydrogens is 308 g/mol. The van der Waals surface area contributed by atoms with Gasteiger partial charge < -0.3 is 9.47 Å². The van der Waals surface area contributed by atoms with Crippen LogP contribution in [0.25, 0.3) is 0 Å². The summed E-state index contributed by atoms with van der Waals surface area (Å²) in [6.07, 6.45) is 8.64. The Morgan fingerprint density at radius 3 is 1.56 bits per heavy atom. The zero-order valence-electron chi connectivity index (χ0n) is 15.4. The van der Waals surface area contributed by atoms with Crippen LogP contribution in [-0.2, 0) is 12.8 Å². The third kappa shape index (κ3) is 3.15. The summed E-state index contributed by atoms with van der Waals surface area (Å²) in [6.45, 7) is 0. The molecule has 0 N–H and O–H groups in total. The van der Waals surface area contributed by atoms with Crippen molar-refractivity contribution in [2.45, 2.75) is 56.8 Å². The molecule has 1 fully saturated rings. The molecule has 2 aliphatic rings. The topological polar surface area (TPSA) is 18.5 Å². The average Bonchev–Trinajstić information content (AvgIpc) is 2.61. The van der Waals surface area contributed by atoms with Crippen molar-refractivity contribution in [2.24, 2.45) is 0 Å². The number of ether oxygens (including phenoxy) is 2. The summed E-state index contributed by atoms with van der Waals surface area (Å²) in [5, 5.41) is 0. The van der Waals surface area contributed by atoms with Crippen LogP contribution in [0.3, 0.4) is 0 Å². The highest BCUT2D eigenvalue weighted by molar-refractivity contribution is 5.47. The fraction of sp³-hybridized carbons (Fsp3) is 0.478. The van der Waals surface area contributed by atoms with Gasteiger partial charge in [0.05, 0.1) is 14.2 Å². The number of benzene rings is 2. The van der Waals surface area contributed by atoms with Crippen molar-refractivity contribution < 1.29 is 9.47 Å². The zero-order chi connectivity index (χ0) is 17.2. The maximum absolute atomic E-state index is 5.71. The quantitative estimate of drug-likeness (QED) is 0.707. The van der Waals surface area contributed by atoms with Gasteiger partial charge in [0, 0.05) is 0 Å². The van der Waals surface area contributed by atoms with Crippen LogP contribution >= 0.6 is 0 Å². The van der Waals surface area contributed by atoms with E-state index in [0.29, 0.717) is 11.8 Å². The minimum atomic E-state index is 0.541. The van der Waals surface area contributed by atoms with Crippen LogP contribution in [0.5, 0.6) is 11.5 Å². The molecule has 2 aromatic carbocycles. The minimum absolute atomic E-state index is 0.541. The van der Waals surface area contributed by atoms with Gasteiger partial charge in [-0.25, -0.2) is 0 Å². The highest BCUT2D eigenvalue weighted by Crippen LogP contribution is 2.53. The standard InChI is InChI=1S/C23H28O2/c1-24-22-12-8-16-6-4-3-5-7-17-9-13-23(25-2)21(15-17)19-11-10-18(19)20(22)14-16/h8-9,12-15,18-19H,3-7,10-11H2,1-2H3. The molecule has 4 rings (SSSR count). The van der Waals surface area contributed by atoms with E-state index >= 15 is 0 Å². The first-order chi connectivity index (χ1) is 12.3. The predicted octanol–water partition coefficient (Wildman–Crippen LogP) is 5.63. The van der Waals surface area contributed by atoms with Gasteiger partial charge in [-0.3, -0.25) is 0 Å². The van der Waals surface area contributed by atoms with Crippen molar-refractivity contribution in [3.63, 3.8) is 0 Å². The third-order valence-corrected chi connectivity index (χ3v) is 6.09. The van der Waals surface area contributed by atoms with Crippen molar-refractivity contribution >= 4 is 0 Å². The Hall–Kier alpha value is -1.96. The van der Waals surface area contributed by atoms with Crippen molar-refractivity contribution in [2.75, 3.05) is 14.2 Å². The Morgan fingerprint density at radius 2 is 1.16 bits per heavy atom. The highest BCUT2D eigenvalue weighted by Gasteiger charge is 2.37. The molecule has 0 aromatic heterocycles. The summed E-state index contributed by atoms with van der Waals surface area (Å²) in [6, 6.07) is 13.7. The van der Waals surface area contributed by atoms with E-state index in [1.807, 2.05) is 0 Å². The van der Waals surface area contributed by atoms with E-state index in [1.54, 1.807) is 14.2 Å². The minimum Gasteiger partial charge on any atom is -0.496 e. The van der Waals surface area contributed by atoms with Gasteiger partial charge in [0.1, 0.15) is 11.5 Å². The number of methoxy groups -OCH3 is 2. The summed E-state index contributed by atoms with van der Waals surface area (Å²) >= 11 is 0. The summed E-state index contributed by atoms with van der Waals surface area (Å²) in [5.74, 6) is 3.17. The third-order valence-electron chi connectivity index (χ3n) is 6.09. The normalized spacial score (nSPS) is 22.5. The summed E-state index contributed by atoms with van der Waals surface area (Å²) in [4.78, 5) is 0. The summed E-state index contributed by atoms with van der Waals surface area (Å²) in [7, 11) is 3.59. The lowest BCUT2D eigenvalue weighted by atomic mass is 9.66. The van der Waals surface area contributed by atoms with Crippen LogP contribution in [0.1, 0.15) is 66.2 Å². The summed E-state index contributed by atoms with van der Waals surface area (Å²) in [5.41, 5.74) is 5.70. The van der Waals surface area contributed by atoms with Gasteiger partial charge in [-0.05, 0) is 84.7 Å². The first-order valence-corrected chi connectivity index (χ1v) is 9.64. The molecular formula is C23H28O2.